The molecule has 0 spiro atoms. The number of nitro benzene ring substituents is 1. The Balaban J connectivity index is 1.97. The van der Waals surface area contributed by atoms with Crippen LogP contribution in [-0.2, 0) is 9.53 Å². The van der Waals surface area contributed by atoms with E-state index in [-0.39, 0.29) is 17.9 Å². The molecule has 0 bridgehead atoms. The SMILES string of the molecule is CCCOC(=O)C1CSC(c2ccc(F)cc2)N1C(=O)c1cccc([N+](=O)[O-])c1. The topological polar surface area (TPSA) is 89.8 Å². The van der Waals surface area contributed by atoms with Crippen molar-refractivity contribution < 1.29 is 23.6 Å². The highest BCUT2D eigenvalue weighted by atomic mass is 32.2. The second-order valence-corrected chi connectivity index (χ2v) is 7.55. The van der Waals surface area contributed by atoms with Crippen LogP contribution in [0.3, 0.4) is 0 Å². The Morgan fingerprint density at radius 3 is 2.66 bits per heavy atom. The molecule has 152 valence electrons. The summed E-state index contributed by atoms with van der Waals surface area (Å²) in [4.78, 5) is 37.7. The van der Waals surface area contributed by atoms with Crippen molar-refractivity contribution in [2.24, 2.45) is 0 Å². The van der Waals surface area contributed by atoms with Crippen molar-refractivity contribution in [3.63, 3.8) is 0 Å². The average molecular weight is 418 g/mol. The number of nitrogens with zero attached hydrogens (tertiary/aromatic N) is 2. The fraction of sp³-hybridized carbons (Fsp3) is 0.300. The van der Waals surface area contributed by atoms with E-state index < -0.39 is 34.0 Å². The molecule has 9 heteroatoms. The molecule has 1 saturated heterocycles. The van der Waals surface area contributed by atoms with Gasteiger partial charge in [-0.25, -0.2) is 9.18 Å². The van der Waals surface area contributed by atoms with Crippen LogP contribution in [0.4, 0.5) is 10.1 Å². The van der Waals surface area contributed by atoms with E-state index in [0.29, 0.717) is 17.7 Å². The van der Waals surface area contributed by atoms with Crippen LogP contribution in [0.15, 0.2) is 48.5 Å². The Morgan fingerprint density at radius 1 is 1.28 bits per heavy atom. The fourth-order valence-electron chi connectivity index (χ4n) is 3.02. The molecule has 0 N–H and O–H groups in total. The highest BCUT2D eigenvalue weighted by Gasteiger charge is 2.43. The third-order valence-corrected chi connectivity index (χ3v) is 5.74. The first-order chi connectivity index (χ1) is 13.9. The summed E-state index contributed by atoms with van der Waals surface area (Å²) in [6, 6.07) is 10.2. The van der Waals surface area contributed by atoms with Crippen LogP contribution in [0, 0.1) is 15.9 Å². The van der Waals surface area contributed by atoms with Gasteiger partial charge in [-0.15, -0.1) is 11.8 Å². The van der Waals surface area contributed by atoms with Crippen LogP contribution in [0.2, 0.25) is 0 Å². The summed E-state index contributed by atoms with van der Waals surface area (Å²) in [7, 11) is 0. The van der Waals surface area contributed by atoms with Crippen molar-refractivity contribution >= 4 is 29.3 Å². The van der Waals surface area contributed by atoms with Crippen LogP contribution in [0.5, 0.6) is 0 Å². The van der Waals surface area contributed by atoms with E-state index in [1.165, 1.54) is 53.1 Å². The highest BCUT2D eigenvalue weighted by molar-refractivity contribution is 7.99. The first kappa shape index (κ1) is 20.8. The zero-order valence-electron chi connectivity index (χ0n) is 15.6. The van der Waals surface area contributed by atoms with Gasteiger partial charge in [0.25, 0.3) is 11.6 Å². The molecule has 29 heavy (non-hydrogen) atoms. The fourth-order valence-corrected chi connectivity index (χ4v) is 4.43. The molecule has 2 unspecified atom stereocenters. The quantitative estimate of drug-likeness (QED) is 0.401. The number of nitro groups is 1. The van der Waals surface area contributed by atoms with Gasteiger partial charge in [-0.05, 0) is 30.2 Å². The lowest BCUT2D eigenvalue weighted by Crippen LogP contribution is -2.44. The van der Waals surface area contributed by atoms with Crippen molar-refractivity contribution in [2.45, 2.75) is 24.8 Å². The largest absolute Gasteiger partial charge is 0.464 e. The number of non-ortho nitro benzene ring substituents is 1. The zero-order chi connectivity index (χ0) is 21.0. The lowest BCUT2D eigenvalue weighted by molar-refractivity contribution is -0.384. The summed E-state index contributed by atoms with van der Waals surface area (Å²) in [5.74, 6) is -1.15. The second kappa shape index (κ2) is 9.04. The van der Waals surface area contributed by atoms with Crippen molar-refractivity contribution in [1.29, 1.82) is 0 Å². The number of thioether (sulfide) groups is 1. The average Bonchev–Trinajstić information content (AvgIpc) is 3.17. The number of esters is 1. The molecular formula is C20H19FN2O5S. The first-order valence-corrected chi connectivity index (χ1v) is 10.1. The number of hydrogen-bond acceptors (Lipinski definition) is 6. The van der Waals surface area contributed by atoms with Gasteiger partial charge in [-0.1, -0.05) is 25.1 Å². The van der Waals surface area contributed by atoms with Crippen molar-refractivity contribution in [3.8, 4) is 0 Å². The number of benzene rings is 2. The number of hydrogen-bond donors (Lipinski definition) is 0. The molecule has 0 aliphatic carbocycles. The molecule has 1 aliphatic heterocycles. The number of ether oxygens (including phenoxy) is 1. The Labute approximate surface area is 171 Å². The maximum atomic E-state index is 13.3. The van der Waals surface area contributed by atoms with Gasteiger partial charge in [0.2, 0.25) is 0 Å². The van der Waals surface area contributed by atoms with Gasteiger partial charge in [0, 0.05) is 23.4 Å². The first-order valence-electron chi connectivity index (χ1n) is 9.03. The molecule has 1 amide bonds. The molecule has 1 heterocycles. The Hall–Kier alpha value is -2.94. The number of carbonyl (C=O) groups excluding carboxylic acids is 2. The molecule has 2 atom stereocenters. The van der Waals surface area contributed by atoms with Crippen LogP contribution in [0.25, 0.3) is 0 Å². The van der Waals surface area contributed by atoms with Gasteiger partial charge in [-0.2, -0.15) is 0 Å². The smallest absolute Gasteiger partial charge is 0.329 e. The van der Waals surface area contributed by atoms with E-state index in [1.54, 1.807) is 12.1 Å². The lowest BCUT2D eigenvalue weighted by atomic mass is 10.1. The van der Waals surface area contributed by atoms with Gasteiger partial charge < -0.3 is 9.64 Å². The third kappa shape index (κ3) is 4.56. The molecule has 2 aromatic carbocycles. The van der Waals surface area contributed by atoms with Gasteiger partial charge in [0.05, 0.1) is 11.5 Å². The minimum Gasteiger partial charge on any atom is -0.464 e. The number of amides is 1. The Morgan fingerprint density at radius 2 is 2.00 bits per heavy atom. The van der Waals surface area contributed by atoms with Gasteiger partial charge in [-0.3, -0.25) is 14.9 Å². The third-order valence-electron chi connectivity index (χ3n) is 4.41. The van der Waals surface area contributed by atoms with Crippen LogP contribution >= 0.6 is 11.8 Å². The highest BCUT2D eigenvalue weighted by Crippen LogP contribution is 2.42. The monoisotopic (exact) mass is 418 g/mol. The number of carbonyl (C=O) groups is 2. The van der Waals surface area contributed by atoms with Crippen molar-refractivity contribution in [2.75, 3.05) is 12.4 Å². The van der Waals surface area contributed by atoms with Crippen LogP contribution in [-0.4, -0.2) is 40.1 Å². The molecule has 0 saturated carbocycles. The summed E-state index contributed by atoms with van der Waals surface area (Å²) in [6.45, 7) is 2.10. The summed E-state index contributed by atoms with van der Waals surface area (Å²) < 4.78 is 18.6. The molecule has 1 aliphatic rings. The summed E-state index contributed by atoms with van der Waals surface area (Å²) in [5.41, 5.74) is 0.536. The molecular weight excluding hydrogens is 399 g/mol. The molecule has 7 nitrogen and oxygen atoms in total. The summed E-state index contributed by atoms with van der Waals surface area (Å²) >= 11 is 1.36. The predicted molar refractivity (Wildman–Crippen MR) is 106 cm³/mol. The van der Waals surface area contributed by atoms with Crippen molar-refractivity contribution in [3.05, 3.63) is 75.6 Å². The van der Waals surface area contributed by atoms with Crippen LogP contribution in [0.1, 0.15) is 34.6 Å². The summed E-state index contributed by atoms with van der Waals surface area (Å²) in [5, 5.41) is 10.5. The predicted octanol–water partition coefficient (Wildman–Crippen LogP) is 3.94. The van der Waals surface area contributed by atoms with Gasteiger partial charge >= 0.3 is 5.97 Å². The minimum absolute atomic E-state index is 0.0992. The van der Waals surface area contributed by atoms with E-state index in [4.69, 9.17) is 4.74 Å². The Kier molecular flexibility index (Phi) is 6.48. The maximum absolute atomic E-state index is 13.3. The Bertz CT molecular complexity index is 921. The maximum Gasteiger partial charge on any atom is 0.329 e. The second-order valence-electron chi connectivity index (χ2n) is 6.44. The summed E-state index contributed by atoms with van der Waals surface area (Å²) in [6.07, 6.45) is 0.645. The number of rotatable bonds is 6. The molecule has 3 rings (SSSR count). The van der Waals surface area contributed by atoms with Crippen LogP contribution < -0.4 is 0 Å². The van der Waals surface area contributed by atoms with E-state index >= 15 is 0 Å². The molecule has 2 aromatic rings. The normalized spacial score (nSPS) is 18.5. The van der Waals surface area contributed by atoms with Gasteiger partial charge in [0.15, 0.2) is 0 Å². The molecule has 0 aromatic heterocycles. The lowest BCUT2D eigenvalue weighted by Gasteiger charge is -2.28. The van der Waals surface area contributed by atoms with Crippen molar-refractivity contribution in [1.82, 2.24) is 4.90 Å². The number of halogens is 1. The van der Waals surface area contributed by atoms with Gasteiger partial charge in [0.1, 0.15) is 17.2 Å². The van der Waals surface area contributed by atoms with E-state index in [1.807, 2.05) is 6.92 Å². The standard InChI is InChI=1S/C20H19FN2O5S/c1-2-10-28-20(25)17-12-29-19(13-6-8-15(21)9-7-13)22(17)18(24)14-4-3-5-16(11-14)23(26)27/h3-9,11,17,19H,2,10,12H2,1H3. The van der Waals surface area contributed by atoms with E-state index in [0.717, 1.165) is 0 Å². The van der Waals surface area contributed by atoms with E-state index in [2.05, 4.69) is 0 Å². The van der Waals surface area contributed by atoms with E-state index in [9.17, 15) is 24.1 Å². The molecule has 0 radical (unpaired) electrons. The minimum atomic E-state index is -0.839. The zero-order valence-corrected chi connectivity index (χ0v) is 16.4. The molecule has 1 fully saturated rings.